The highest BCUT2D eigenvalue weighted by Gasteiger charge is 2.36. The normalized spacial score (nSPS) is 21.9. The molecule has 0 aromatic heterocycles. The highest BCUT2D eigenvalue weighted by molar-refractivity contribution is 5.60. The van der Waals surface area contributed by atoms with Crippen molar-refractivity contribution < 1.29 is 9.59 Å². The van der Waals surface area contributed by atoms with Crippen LogP contribution >= 0.6 is 0 Å². The van der Waals surface area contributed by atoms with Crippen molar-refractivity contribution in [1.82, 2.24) is 0 Å². The standard InChI is InChI=1S/C25H49N2O/c1-3-5-6-7-8-9-10-11-12-13-14-15-16-17-18-19-20-25-26-21-22-27(25,4-2)23-24-28/h7-8,21,25,28H,3-6,9-20,22-24H2,1-2H3/q+1/b8-7+. The first-order chi connectivity index (χ1) is 13.8. The van der Waals surface area contributed by atoms with Gasteiger partial charge in [-0.2, -0.15) is 0 Å². The van der Waals surface area contributed by atoms with Crippen LogP contribution in [0.15, 0.2) is 17.1 Å². The lowest BCUT2D eigenvalue weighted by Gasteiger charge is -2.37. The van der Waals surface area contributed by atoms with Crippen molar-refractivity contribution >= 4 is 6.21 Å². The second-order valence-corrected chi connectivity index (χ2v) is 8.70. The molecule has 1 aliphatic rings. The Hall–Kier alpha value is -0.670. The minimum Gasteiger partial charge on any atom is -0.391 e. The van der Waals surface area contributed by atoms with Gasteiger partial charge in [0.2, 0.25) is 0 Å². The molecule has 0 amide bonds. The van der Waals surface area contributed by atoms with Gasteiger partial charge in [0.1, 0.15) is 13.1 Å². The fourth-order valence-electron chi connectivity index (χ4n) is 4.44. The molecule has 2 atom stereocenters. The molecule has 0 spiro atoms. The summed E-state index contributed by atoms with van der Waals surface area (Å²) in [6.45, 7) is 7.73. The molecule has 0 aromatic rings. The molecule has 28 heavy (non-hydrogen) atoms. The van der Waals surface area contributed by atoms with Gasteiger partial charge in [0.05, 0.1) is 19.4 Å². The zero-order valence-corrected chi connectivity index (χ0v) is 19.1. The minimum atomic E-state index is 0.281. The molecule has 164 valence electrons. The van der Waals surface area contributed by atoms with Crippen LogP contribution in [-0.4, -0.2) is 48.2 Å². The molecule has 1 rings (SSSR count). The van der Waals surface area contributed by atoms with Crippen LogP contribution in [0.5, 0.6) is 0 Å². The highest BCUT2D eigenvalue weighted by Crippen LogP contribution is 2.24. The van der Waals surface area contributed by atoms with Gasteiger partial charge in [0.25, 0.3) is 0 Å². The van der Waals surface area contributed by atoms with E-state index in [2.05, 4.69) is 32.2 Å². The van der Waals surface area contributed by atoms with Crippen LogP contribution < -0.4 is 0 Å². The third-order valence-corrected chi connectivity index (χ3v) is 6.50. The van der Waals surface area contributed by atoms with Crippen LogP contribution in [0, 0.1) is 0 Å². The predicted molar refractivity (Wildman–Crippen MR) is 124 cm³/mol. The third-order valence-electron chi connectivity index (χ3n) is 6.50. The van der Waals surface area contributed by atoms with Crippen LogP contribution in [0.1, 0.15) is 110 Å². The van der Waals surface area contributed by atoms with E-state index in [0.29, 0.717) is 6.17 Å². The molecule has 3 nitrogen and oxygen atoms in total. The predicted octanol–water partition coefficient (Wildman–Crippen LogP) is 6.65. The van der Waals surface area contributed by atoms with E-state index in [1.807, 2.05) is 0 Å². The molecule has 0 aliphatic carbocycles. The van der Waals surface area contributed by atoms with Crippen molar-refractivity contribution in [3.05, 3.63) is 12.2 Å². The summed E-state index contributed by atoms with van der Waals surface area (Å²) >= 11 is 0. The Bertz CT molecular complexity index is 407. The lowest BCUT2D eigenvalue weighted by atomic mass is 10.0. The molecule has 0 fully saturated rings. The second-order valence-electron chi connectivity index (χ2n) is 8.70. The fraction of sp³-hybridized carbons (Fsp3) is 0.880. The Kier molecular flexibility index (Phi) is 15.6. The molecular formula is C25H49N2O+. The van der Waals surface area contributed by atoms with Gasteiger partial charge < -0.3 is 5.11 Å². The van der Waals surface area contributed by atoms with E-state index in [1.165, 1.54) is 96.3 Å². The minimum absolute atomic E-state index is 0.281. The van der Waals surface area contributed by atoms with Crippen LogP contribution in [0.25, 0.3) is 0 Å². The first kappa shape index (κ1) is 25.4. The summed E-state index contributed by atoms with van der Waals surface area (Å²) in [6, 6.07) is 0. The molecule has 0 aromatic carbocycles. The van der Waals surface area contributed by atoms with E-state index in [1.54, 1.807) is 0 Å². The Labute approximate surface area is 175 Å². The molecule has 1 heterocycles. The maximum Gasteiger partial charge on any atom is 0.182 e. The number of unbranched alkanes of at least 4 members (excludes halogenated alkanes) is 12. The van der Waals surface area contributed by atoms with Crippen molar-refractivity contribution in [3.8, 4) is 0 Å². The Morgan fingerprint density at radius 1 is 0.857 bits per heavy atom. The smallest absolute Gasteiger partial charge is 0.182 e. The van der Waals surface area contributed by atoms with E-state index in [4.69, 9.17) is 4.99 Å². The molecule has 1 aliphatic heterocycles. The van der Waals surface area contributed by atoms with Crippen molar-refractivity contribution in [2.45, 2.75) is 116 Å². The summed E-state index contributed by atoms with van der Waals surface area (Å²) in [7, 11) is 0. The van der Waals surface area contributed by atoms with Crippen LogP contribution in [0.4, 0.5) is 0 Å². The molecule has 0 radical (unpaired) electrons. The Morgan fingerprint density at radius 3 is 2.00 bits per heavy atom. The van der Waals surface area contributed by atoms with Crippen LogP contribution in [0.2, 0.25) is 0 Å². The van der Waals surface area contributed by atoms with Gasteiger partial charge >= 0.3 is 0 Å². The van der Waals surface area contributed by atoms with Crippen molar-refractivity contribution in [1.29, 1.82) is 0 Å². The van der Waals surface area contributed by atoms with Gasteiger partial charge in [-0.3, -0.25) is 4.48 Å². The van der Waals surface area contributed by atoms with Gasteiger partial charge in [0.15, 0.2) is 6.17 Å². The van der Waals surface area contributed by atoms with Crippen LogP contribution in [0.3, 0.4) is 0 Å². The SMILES string of the molecule is CCCC/C=C/CCCCCCCCCCCCC1N=CC[N+]1(CC)CCO. The monoisotopic (exact) mass is 393 g/mol. The van der Waals surface area contributed by atoms with Gasteiger partial charge in [-0.15, -0.1) is 0 Å². The quantitative estimate of drug-likeness (QED) is 0.149. The molecule has 1 N–H and O–H groups in total. The van der Waals surface area contributed by atoms with Crippen molar-refractivity contribution in [2.24, 2.45) is 4.99 Å². The van der Waals surface area contributed by atoms with Gasteiger partial charge in [-0.25, -0.2) is 4.99 Å². The number of aliphatic hydroxyl groups excluding tert-OH is 1. The first-order valence-corrected chi connectivity index (χ1v) is 12.4. The number of likely N-dealkylation sites (N-methyl/N-ethyl adjacent to an activating group) is 1. The summed E-state index contributed by atoms with van der Waals surface area (Å²) in [6.07, 6.45) is 27.5. The summed E-state index contributed by atoms with van der Waals surface area (Å²) in [4.78, 5) is 4.72. The third kappa shape index (κ3) is 10.8. The Balaban J connectivity index is 1.88. The number of nitrogens with zero attached hydrogens (tertiary/aromatic N) is 2. The largest absolute Gasteiger partial charge is 0.391 e. The van der Waals surface area contributed by atoms with Crippen molar-refractivity contribution in [3.63, 3.8) is 0 Å². The van der Waals surface area contributed by atoms with E-state index >= 15 is 0 Å². The molecule has 2 unspecified atom stereocenters. The Morgan fingerprint density at radius 2 is 1.43 bits per heavy atom. The van der Waals surface area contributed by atoms with Gasteiger partial charge in [-0.1, -0.05) is 83.3 Å². The summed E-state index contributed by atoms with van der Waals surface area (Å²) < 4.78 is 0.977. The number of aliphatic imine (C=N–C) groups is 1. The zero-order chi connectivity index (χ0) is 20.3. The average molecular weight is 394 g/mol. The first-order valence-electron chi connectivity index (χ1n) is 12.4. The lowest BCUT2D eigenvalue weighted by Crippen LogP contribution is -2.53. The van der Waals surface area contributed by atoms with E-state index in [-0.39, 0.29) is 6.61 Å². The van der Waals surface area contributed by atoms with Crippen molar-refractivity contribution in [2.75, 3.05) is 26.2 Å². The van der Waals surface area contributed by atoms with Crippen LogP contribution in [-0.2, 0) is 0 Å². The molecular weight excluding hydrogens is 344 g/mol. The maximum atomic E-state index is 9.38. The lowest BCUT2D eigenvalue weighted by molar-refractivity contribution is -0.936. The summed E-state index contributed by atoms with van der Waals surface area (Å²) in [5.74, 6) is 0. The van der Waals surface area contributed by atoms with Gasteiger partial charge in [0, 0.05) is 6.42 Å². The number of hydrogen-bond acceptors (Lipinski definition) is 2. The topological polar surface area (TPSA) is 32.6 Å². The number of hydrogen-bond donors (Lipinski definition) is 1. The zero-order valence-electron chi connectivity index (χ0n) is 19.1. The average Bonchev–Trinajstić information content (AvgIpc) is 3.11. The maximum absolute atomic E-state index is 9.38. The van der Waals surface area contributed by atoms with Gasteiger partial charge in [-0.05, 0) is 32.6 Å². The number of rotatable bonds is 19. The molecule has 0 saturated heterocycles. The molecule has 0 saturated carbocycles. The number of allylic oxidation sites excluding steroid dienone is 2. The molecule has 0 bridgehead atoms. The highest BCUT2D eigenvalue weighted by atomic mass is 16.3. The summed E-state index contributed by atoms with van der Waals surface area (Å²) in [5, 5.41) is 9.38. The fourth-order valence-corrected chi connectivity index (χ4v) is 4.44. The number of aliphatic hydroxyl groups is 1. The number of quaternary nitrogens is 1. The second kappa shape index (κ2) is 17.2. The van der Waals surface area contributed by atoms with E-state index < -0.39 is 0 Å². The summed E-state index contributed by atoms with van der Waals surface area (Å²) in [5.41, 5.74) is 0. The molecule has 3 heteroatoms. The van der Waals surface area contributed by atoms with E-state index in [0.717, 1.165) is 24.1 Å². The van der Waals surface area contributed by atoms with E-state index in [9.17, 15) is 5.11 Å².